The highest BCUT2D eigenvalue weighted by molar-refractivity contribution is 7.92. The Kier molecular flexibility index (Phi) is 5.91. The van der Waals surface area contributed by atoms with Gasteiger partial charge in [-0.2, -0.15) is 4.98 Å². The zero-order valence-corrected chi connectivity index (χ0v) is 18.2. The van der Waals surface area contributed by atoms with E-state index in [1.807, 2.05) is 13.0 Å². The number of rotatable bonds is 7. The average Bonchev–Trinajstić information content (AvgIpc) is 3.30. The number of hydrogen-bond donors (Lipinski definition) is 2. The molecule has 0 amide bonds. The number of sulfonamides is 1. The van der Waals surface area contributed by atoms with Crippen LogP contribution >= 0.6 is 0 Å². The molecule has 1 fully saturated rings. The van der Waals surface area contributed by atoms with E-state index in [9.17, 15) is 18.5 Å². The van der Waals surface area contributed by atoms with E-state index in [0.29, 0.717) is 17.3 Å². The summed E-state index contributed by atoms with van der Waals surface area (Å²) >= 11 is 0. The summed E-state index contributed by atoms with van der Waals surface area (Å²) < 4.78 is 27.5. The van der Waals surface area contributed by atoms with Gasteiger partial charge in [0.15, 0.2) is 0 Å². The fourth-order valence-corrected chi connectivity index (χ4v) is 4.49. The van der Waals surface area contributed by atoms with Gasteiger partial charge in [-0.1, -0.05) is 0 Å². The van der Waals surface area contributed by atoms with Crippen molar-refractivity contribution in [3.63, 3.8) is 0 Å². The fourth-order valence-electron chi connectivity index (χ4n) is 3.43. The van der Waals surface area contributed by atoms with E-state index in [1.165, 1.54) is 12.1 Å². The molecule has 0 unspecified atom stereocenters. The lowest BCUT2D eigenvalue weighted by Crippen LogP contribution is -2.19. The third-order valence-corrected chi connectivity index (χ3v) is 6.42. The Hall–Kier alpha value is -3.73. The van der Waals surface area contributed by atoms with E-state index in [4.69, 9.17) is 0 Å². The first-order chi connectivity index (χ1) is 15.3. The minimum absolute atomic E-state index is 0.0621. The SMILES string of the molecule is Cc1cc(N2CCCC2)nc(Nc2ccc(NS(=O)(=O)c3ccc([N+](=O)[O-])cc3)cc2)n1. The Labute approximate surface area is 185 Å². The van der Waals surface area contributed by atoms with Gasteiger partial charge in [0.1, 0.15) is 5.82 Å². The van der Waals surface area contributed by atoms with Crippen molar-refractivity contribution < 1.29 is 13.3 Å². The zero-order chi connectivity index (χ0) is 22.7. The molecule has 0 saturated carbocycles. The number of nitrogens with one attached hydrogen (secondary N) is 2. The maximum atomic E-state index is 12.5. The third-order valence-electron chi connectivity index (χ3n) is 5.02. The molecule has 32 heavy (non-hydrogen) atoms. The number of nitro benzene ring substituents is 1. The van der Waals surface area contributed by atoms with Crippen LogP contribution in [0, 0.1) is 17.0 Å². The summed E-state index contributed by atoms with van der Waals surface area (Å²) in [5, 5.41) is 13.9. The van der Waals surface area contributed by atoms with Crippen LogP contribution in [-0.2, 0) is 10.0 Å². The van der Waals surface area contributed by atoms with E-state index < -0.39 is 14.9 Å². The van der Waals surface area contributed by atoms with Crippen molar-refractivity contribution >= 4 is 38.9 Å². The maximum Gasteiger partial charge on any atom is 0.269 e. The molecule has 1 aromatic heterocycles. The van der Waals surface area contributed by atoms with Crippen LogP contribution in [0.4, 0.5) is 28.8 Å². The lowest BCUT2D eigenvalue weighted by molar-refractivity contribution is -0.384. The van der Waals surface area contributed by atoms with Gasteiger partial charge in [-0.25, -0.2) is 13.4 Å². The maximum absolute atomic E-state index is 12.5. The van der Waals surface area contributed by atoms with Gasteiger partial charge in [-0.3, -0.25) is 14.8 Å². The molecule has 2 aromatic carbocycles. The quantitative estimate of drug-likeness (QED) is 0.407. The highest BCUT2D eigenvalue weighted by Crippen LogP contribution is 2.24. The number of anilines is 4. The molecule has 3 aromatic rings. The van der Waals surface area contributed by atoms with Crippen LogP contribution in [-0.4, -0.2) is 36.4 Å². The molecule has 0 spiro atoms. The molecule has 0 bridgehead atoms. The van der Waals surface area contributed by atoms with Gasteiger partial charge in [-0.15, -0.1) is 0 Å². The molecule has 11 heteroatoms. The first kappa shape index (κ1) is 21.5. The number of aromatic nitrogens is 2. The van der Waals surface area contributed by atoms with Gasteiger partial charge in [0.2, 0.25) is 5.95 Å². The van der Waals surface area contributed by atoms with E-state index >= 15 is 0 Å². The van der Waals surface area contributed by atoms with Crippen molar-refractivity contribution in [2.75, 3.05) is 28.0 Å². The number of nitrogens with zero attached hydrogens (tertiary/aromatic N) is 4. The van der Waals surface area contributed by atoms with Crippen LogP contribution in [0.2, 0.25) is 0 Å². The molecule has 2 N–H and O–H groups in total. The monoisotopic (exact) mass is 454 g/mol. The summed E-state index contributed by atoms with van der Waals surface area (Å²) in [6, 6.07) is 13.3. The minimum Gasteiger partial charge on any atom is -0.356 e. The van der Waals surface area contributed by atoms with E-state index in [0.717, 1.165) is 49.6 Å². The number of aryl methyl sites for hydroxylation is 1. The molecule has 2 heterocycles. The number of benzene rings is 2. The van der Waals surface area contributed by atoms with Crippen molar-refractivity contribution in [2.24, 2.45) is 0 Å². The van der Waals surface area contributed by atoms with Crippen LogP contribution < -0.4 is 14.9 Å². The van der Waals surface area contributed by atoms with Crippen LogP contribution in [0.5, 0.6) is 0 Å². The third kappa shape index (κ3) is 4.94. The molecule has 10 nitrogen and oxygen atoms in total. The topological polar surface area (TPSA) is 130 Å². The summed E-state index contributed by atoms with van der Waals surface area (Å²) in [7, 11) is -3.87. The van der Waals surface area contributed by atoms with Crippen LogP contribution in [0.15, 0.2) is 59.5 Å². The summed E-state index contributed by atoms with van der Waals surface area (Å²) in [5.41, 5.74) is 1.75. The normalized spacial score (nSPS) is 13.7. The highest BCUT2D eigenvalue weighted by atomic mass is 32.2. The number of nitro groups is 1. The molecule has 0 radical (unpaired) electrons. The van der Waals surface area contributed by atoms with Gasteiger partial charge in [0.05, 0.1) is 9.82 Å². The van der Waals surface area contributed by atoms with Crippen molar-refractivity contribution in [1.29, 1.82) is 0 Å². The first-order valence-electron chi connectivity index (χ1n) is 10.1. The van der Waals surface area contributed by atoms with E-state index in [-0.39, 0.29) is 10.6 Å². The Balaban J connectivity index is 1.46. The van der Waals surface area contributed by atoms with Gasteiger partial charge >= 0.3 is 0 Å². The molecule has 1 aliphatic heterocycles. The zero-order valence-electron chi connectivity index (χ0n) is 17.4. The standard InChI is InChI=1S/C21H22N6O4S/c1-15-14-20(26-12-2-3-13-26)24-21(22-15)23-16-4-6-17(7-5-16)25-32(30,31)19-10-8-18(9-11-19)27(28)29/h4-11,14,25H,2-3,12-13H2,1H3,(H,22,23,24). The predicted molar refractivity (Wildman–Crippen MR) is 122 cm³/mol. The largest absolute Gasteiger partial charge is 0.356 e. The van der Waals surface area contributed by atoms with Gasteiger partial charge in [-0.05, 0) is 56.2 Å². The summed E-state index contributed by atoms with van der Waals surface area (Å²) in [6.07, 6.45) is 2.31. The van der Waals surface area contributed by atoms with Crippen molar-refractivity contribution in [3.05, 3.63) is 70.4 Å². The average molecular weight is 455 g/mol. The van der Waals surface area contributed by atoms with Crippen molar-refractivity contribution in [1.82, 2.24) is 9.97 Å². The Morgan fingerprint density at radius 3 is 2.22 bits per heavy atom. The lowest BCUT2D eigenvalue weighted by atomic mass is 10.3. The van der Waals surface area contributed by atoms with Gasteiger partial charge in [0.25, 0.3) is 15.7 Å². The van der Waals surface area contributed by atoms with Gasteiger partial charge in [0, 0.05) is 48.4 Å². The molecule has 0 aliphatic carbocycles. The second-order valence-electron chi connectivity index (χ2n) is 7.44. The minimum atomic E-state index is -3.87. The molecular weight excluding hydrogens is 432 g/mol. The van der Waals surface area contributed by atoms with E-state index in [2.05, 4.69) is 24.9 Å². The highest BCUT2D eigenvalue weighted by Gasteiger charge is 2.17. The molecule has 1 aliphatic rings. The van der Waals surface area contributed by atoms with Crippen molar-refractivity contribution in [2.45, 2.75) is 24.7 Å². The lowest BCUT2D eigenvalue weighted by Gasteiger charge is -2.17. The Morgan fingerprint density at radius 1 is 0.969 bits per heavy atom. The van der Waals surface area contributed by atoms with Crippen molar-refractivity contribution in [3.8, 4) is 0 Å². The summed E-state index contributed by atoms with van der Waals surface area (Å²) in [4.78, 5) is 21.4. The molecule has 4 rings (SSSR count). The molecule has 0 atom stereocenters. The Morgan fingerprint density at radius 2 is 1.59 bits per heavy atom. The van der Waals surface area contributed by atoms with Crippen LogP contribution in [0.1, 0.15) is 18.5 Å². The second-order valence-corrected chi connectivity index (χ2v) is 9.13. The van der Waals surface area contributed by atoms with Crippen LogP contribution in [0.25, 0.3) is 0 Å². The smallest absolute Gasteiger partial charge is 0.269 e. The molecular formula is C21H22N6O4S. The first-order valence-corrected chi connectivity index (χ1v) is 11.5. The predicted octanol–water partition coefficient (Wildman–Crippen LogP) is 3.84. The number of hydrogen-bond acceptors (Lipinski definition) is 8. The van der Waals surface area contributed by atoms with Crippen LogP contribution in [0.3, 0.4) is 0 Å². The summed E-state index contributed by atoms with van der Waals surface area (Å²) in [6.45, 7) is 3.89. The van der Waals surface area contributed by atoms with Gasteiger partial charge < -0.3 is 10.2 Å². The Bertz CT molecular complexity index is 1220. The number of non-ortho nitro benzene ring substituents is 1. The fraction of sp³-hybridized carbons (Fsp3) is 0.238. The second kappa shape index (κ2) is 8.79. The summed E-state index contributed by atoms with van der Waals surface area (Å²) in [5.74, 6) is 1.37. The molecule has 1 saturated heterocycles. The molecule has 166 valence electrons. The van der Waals surface area contributed by atoms with E-state index in [1.54, 1.807) is 24.3 Å².